The molecule has 1 aliphatic heterocycles. The molecule has 0 saturated heterocycles. The van der Waals surface area contributed by atoms with Crippen molar-refractivity contribution in [1.82, 2.24) is 0 Å². The molecule has 0 saturated carbocycles. The van der Waals surface area contributed by atoms with E-state index in [4.69, 9.17) is 4.74 Å². The first-order valence-corrected chi connectivity index (χ1v) is 9.61. The first-order valence-electron chi connectivity index (χ1n) is 9.61. The van der Waals surface area contributed by atoms with E-state index in [0.717, 1.165) is 18.5 Å². The Morgan fingerprint density at radius 3 is 2.59 bits per heavy atom. The van der Waals surface area contributed by atoms with Crippen LogP contribution in [0.15, 0.2) is 72.8 Å². The van der Waals surface area contributed by atoms with Crippen molar-refractivity contribution in [3.05, 3.63) is 89.5 Å². The Balaban J connectivity index is 1.56. The highest BCUT2D eigenvalue weighted by atomic mass is 16.5. The SMILES string of the molecule is COc1cccc(NC(=O)c2cccc(C(=O)N3CCCc4ccccc43)c2)c1. The van der Waals surface area contributed by atoms with Crippen LogP contribution in [0.5, 0.6) is 5.75 Å². The molecule has 1 N–H and O–H groups in total. The van der Waals surface area contributed by atoms with Crippen LogP contribution in [-0.4, -0.2) is 25.5 Å². The predicted molar refractivity (Wildman–Crippen MR) is 114 cm³/mol. The highest BCUT2D eigenvalue weighted by Crippen LogP contribution is 2.28. The summed E-state index contributed by atoms with van der Waals surface area (Å²) in [5.74, 6) is 0.301. The number of nitrogens with one attached hydrogen (secondary N) is 1. The number of hydrogen-bond acceptors (Lipinski definition) is 3. The zero-order valence-corrected chi connectivity index (χ0v) is 16.2. The third-order valence-corrected chi connectivity index (χ3v) is 5.05. The molecule has 0 radical (unpaired) electrons. The fraction of sp³-hybridized carbons (Fsp3) is 0.167. The fourth-order valence-electron chi connectivity index (χ4n) is 3.60. The largest absolute Gasteiger partial charge is 0.497 e. The number of amides is 2. The van der Waals surface area contributed by atoms with E-state index in [2.05, 4.69) is 11.4 Å². The molecule has 5 heteroatoms. The Hall–Kier alpha value is -3.60. The summed E-state index contributed by atoms with van der Waals surface area (Å²) in [6.45, 7) is 0.677. The topological polar surface area (TPSA) is 58.6 Å². The van der Waals surface area contributed by atoms with Crippen LogP contribution in [0.1, 0.15) is 32.7 Å². The minimum absolute atomic E-state index is 0.0896. The molecule has 1 heterocycles. The lowest BCUT2D eigenvalue weighted by atomic mass is 10.0. The molecule has 0 fully saturated rings. The predicted octanol–water partition coefficient (Wildman–Crippen LogP) is 4.54. The zero-order chi connectivity index (χ0) is 20.2. The van der Waals surface area contributed by atoms with Crippen molar-refractivity contribution in [1.29, 1.82) is 0 Å². The third kappa shape index (κ3) is 3.99. The lowest BCUT2D eigenvalue weighted by molar-refractivity contribution is 0.0985. The van der Waals surface area contributed by atoms with Crippen molar-refractivity contribution in [2.45, 2.75) is 12.8 Å². The average Bonchev–Trinajstić information content (AvgIpc) is 2.78. The molecule has 0 bridgehead atoms. The van der Waals surface area contributed by atoms with Crippen molar-refractivity contribution < 1.29 is 14.3 Å². The molecule has 29 heavy (non-hydrogen) atoms. The summed E-state index contributed by atoms with van der Waals surface area (Å²) in [7, 11) is 1.58. The normalized spacial score (nSPS) is 12.8. The maximum Gasteiger partial charge on any atom is 0.258 e. The number of anilines is 2. The molecule has 0 aliphatic carbocycles. The Kier molecular flexibility index (Phi) is 5.29. The van der Waals surface area contributed by atoms with E-state index in [0.29, 0.717) is 29.1 Å². The fourth-order valence-corrected chi connectivity index (χ4v) is 3.60. The zero-order valence-electron chi connectivity index (χ0n) is 16.2. The maximum absolute atomic E-state index is 13.2. The van der Waals surface area contributed by atoms with Crippen LogP contribution < -0.4 is 15.0 Å². The molecule has 0 unspecified atom stereocenters. The molecular weight excluding hydrogens is 364 g/mol. The number of benzene rings is 3. The van der Waals surface area contributed by atoms with Gasteiger partial charge in [0.2, 0.25) is 0 Å². The van der Waals surface area contributed by atoms with Crippen LogP contribution in [-0.2, 0) is 6.42 Å². The minimum Gasteiger partial charge on any atom is -0.497 e. The molecule has 0 atom stereocenters. The van der Waals surface area contributed by atoms with E-state index >= 15 is 0 Å². The van der Waals surface area contributed by atoms with Crippen molar-refractivity contribution >= 4 is 23.2 Å². The highest BCUT2D eigenvalue weighted by molar-refractivity contribution is 6.10. The molecular formula is C24H22N2O3. The van der Waals surface area contributed by atoms with Crippen LogP contribution in [0.2, 0.25) is 0 Å². The maximum atomic E-state index is 13.2. The number of para-hydroxylation sites is 1. The minimum atomic E-state index is -0.271. The third-order valence-electron chi connectivity index (χ3n) is 5.05. The van der Waals surface area contributed by atoms with Crippen molar-refractivity contribution in [3.8, 4) is 5.75 Å². The summed E-state index contributed by atoms with van der Waals surface area (Å²) in [6, 6.07) is 22.0. The van der Waals surface area contributed by atoms with Crippen LogP contribution in [0.3, 0.4) is 0 Å². The van der Waals surface area contributed by atoms with Crippen LogP contribution in [0, 0.1) is 0 Å². The van der Waals surface area contributed by atoms with Gasteiger partial charge in [-0.1, -0.05) is 30.3 Å². The van der Waals surface area contributed by atoms with Gasteiger partial charge in [0.05, 0.1) is 7.11 Å². The molecule has 0 aromatic heterocycles. The smallest absolute Gasteiger partial charge is 0.258 e. The lowest BCUT2D eigenvalue weighted by Gasteiger charge is -2.29. The van der Waals surface area contributed by atoms with E-state index in [-0.39, 0.29) is 11.8 Å². The first-order chi connectivity index (χ1) is 14.2. The number of ether oxygens (including phenoxy) is 1. The van der Waals surface area contributed by atoms with Gasteiger partial charge in [0, 0.05) is 35.1 Å². The number of fused-ring (bicyclic) bond motifs is 1. The van der Waals surface area contributed by atoms with E-state index in [1.807, 2.05) is 30.3 Å². The van der Waals surface area contributed by atoms with Gasteiger partial charge in [-0.05, 0) is 54.8 Å². The summed E-state index contributed by atoms with van der Waals surface area (Å²) >= 11 is 0. The molecule has 5 nitrogen and oxygen atoms in total. The molecule has 2 amide bonds. The van der Waals surface area contributed by atoms with E-state index in [1.165, 1.54) is 5.56 Å². The van der Waals surface area contributed by atoms with Crippen LogP contribution in [0.25, 0.3) is 0 Å². The van der Waals surface area contributed by atoms with Gasteiger partial charge in [0.1, 0.15) is 5.75 Å². The monoisotopic (exact) mass is 386 g/mol. The van der Waals surface area contributed by atoms with Gasteiger partial charge in [-0.15, -0.1) is 0 Å². The highest BCUT2D eigenvalue weighted by Gasteiger charge is 2.23. The van der Waals surface area contributed by atoms with Crippen molar-refractivity contribution in [2.24, 2.45) is 0 Å². The van der Waals surface area contributed by atoms with Gasteiger partial charge < -0.3 is 15.0 Å². The summed E-state index contributed by atoms with van der Waals surface area (Å²) in [5.41, 5.74) is 3.70. The second kappa shape index (κ2) is 8.19. The molecule has 0 spiro atoms. The number of nitrogens with zero attached hydrogens (tertiary/aromatic N) is 1. The first kappa shape index (κ1) is 18.7. The second-order valence-electron chi connectivity index (χ2n) is 6.96. The standard InChI is InChI=1S/C24H22N2O3/c1-29-21-12-5-11-20(16-21)25-23(27)18-8-4-9-19(15-18)24(28)26-14-6-10-17-7-2-3-13-22(17)26/h2-5,7-9,11-13,15-16H,6,10,14H2,1H3,(H,25,27). The van der Waals surface area contributed by atoms with E-state index in [9.17, 15) is 9.59 Å². The number of carbonyl (C=O) groups is 2. The van der Waals surface area contributed by atoms with Gasteiger partial charge in [-0.2, -0.15) is 0 Å². The van der Waals surface area contributed by atoms with E-state index in [1.54, 1.807) is 48.4 Å². The number of methoxy groups -OCH3 is 1. The van der Waals surface area contributed by atoms with E-state index < -0.39 is 0 Å². The number of hydrogen-bond donors (Lipinski definition) is 1. The summed E-state index contributed by atoms with van der Waals surface area (Å²) in [6.07, 6.45) is 1.90. The molecule has 3 aromatic carbocycles. The Labute approximate surface area is 169 Å². The summed E-state index contributed by atoms with van der Waals surface area (Å²) in [4.78, 5) is 27.6. The number of carbonyl (C=O) groups excluding carboxylic acids is 2. The van der Waals surface area contributed by atoms with Gasteiger partial charge in [0.25, 0.3) is 11.8 Å². The second-order valence-corrected chi connectivity index (χ2v) is 6.96. The van der Waals surface area contributed by atoms with Gasteiger partial charge >= 0.3 is 0 Å². The number of aryl methyl sites for hydroxylation is 1. The lowest BCUT2D eigenvalue weighted by Crippen LogP contribution is -2.35. The van der Waals surface area contributed by atoms with Crippen LogP contribution >= 0.6 is 0 Å². The quantitative estimate of drug-likeness (QED) is 0.716. The molecule has 3 aromatic rings. The van der Waals surface area contributed by atoms with Gasteiger partial charge in [0.15, 0.2) is 0 Å². The average molecular weight is 386 g/mol. The Bertz CT molecular complexity index is 1060. The van der Waals surface area contributed by atoms with Gasteiger partial charge in [-0.3, -0.25) is 9.59 Å². The number of rotatable bonds is 4. The summed E-state index contributed by atoms with van der Waals surface area (Å²) < 4.78 is 5.19. The molecule has 1 aliphatic rings. The van der Waals surface area contributed by atoms with Crippen molar-refractivity contribution in [2.75, 3.05) is 23.9 Å². The van der Waals surface area contributed by atoms with Crippen LogP contribution in [0.4, 0.5) is 11.4 Å². The van der Waals surface area contributed by atoms with Crippen molar-refractivity contribution in [3.63, 3.8) is 0 Å². The van der Waals surface area contributed by atoms with Gasteiger partial charge in [-0.25, -0.2) is 0 Å². The summed E-state index contributed by atoms with van der Waals surface area (Å²) in [5, 5.41) is 2.85. The Morgan fingerprint density at radius 2 is 1.72 bits per heavy atom. The Morgan fingerprint density at radius 1 is 0.931 bits per heavy atom. The molecule has 146 valence electrons. The molecule has 4 rings (SSSR count).